The average molecular weight is 346 g/mol. The van der Waals surface area contributed by atoms with Crippen LogP contribution in [0.3, 0.4) is 0 Å². The van der Waals surface area contributed by atoms with Crippen LogP contribution in [0, 0.1) is 6.92 Å². The van der Waals surface area contributed by atoms with Crippen LogP contribution in [-0.4, -0.2) is 39.8 Å². The van der Waals surface area contributed by atoms with Crippen LogP contribution in [0.1, 0.15) is 18.4 Å². The van der Waals surface area contributed by atoms with Gasteiger partial charge in [-0.1, -0.05) is 11.6 Å². The molecule has 1 aliphatic rings. The molecule has 0 spiro atoms. The number of sulfonamides is 1. The van der Waals surface area contributed by atoms with E-state index < -0.39 is 10.0 Å². The number of benzene rings is 1. The van der Waals surface area contributed by atoms with Gasteiger partial charge in [-0.05, 0) is 43.5 Å². The number of anilines is 1. The number of hydrogen-bond donors (Lipinski definition) is 2. The van der Waals surface area contributed by atoms with Crippen molar-refractivity contribution in [2.45, 2.75) is 25.8 Å². The first kappa shape index (κ1) is 16.9. The first-order chi connectivity index (χ1) is 10.3. The highest BCUT2D eigenvalue weighted by molar-refractivity contribution is 7.92. The molecule has 0 atom stereocenters. The summed E-state index contributed by atoms with van der Waals surface area (Å²) in [6, 6.07) is 5.04. The Hall–Kier alpha value is -1.47. The molecule has 1 saturated carbocycles. The molecular formula is C14H20ClN3O3S. The van der Waals surface area contributed by atoms with Crippen molar-refractivity contribution in [1.82, 2.24) is 10.6 Å². The van der Waals surface area contributed by atoms with E-state index >= 15 is 0 Å². The van der Waals surface area contributed by atoms with Gasteiger partial charge in [0.2, 0.25) is 10.0 Å². The largest absolute Gasteiger partial charge is 0.336 e. The Bertz CT molecular complexity index is 659. The van der Waals surface area contributed by atoms with E-state index in [1.54, 1.807) is 25.1 Å². The number of hydrogen-bond acceptors (Lipinski definition) is 3. The van der Waals surface area contributed by atoms with Crippen LogP contribution < -0.4 is 14.9 Å². The van der Waals surface area contributed by atoms with Crippen molar-refractivity contribution in [1.29, 1.82) is 0 Å². The summed E-state index contributed by atoms with van der Waals surface area (Å²) in [6.07, 6.45) is 3.16. The standard InChI is InChI=1S/C14H20ClN3O3S/c1-10-9-11(15)3-6-13(10)18(22(2,20)21)8-7-16-14(19)17-12-4-5-12/h3,6,9,12H,4-5,7-8H2,1-2H3,(H2,16,17,19). The highest BCUT2D eigenvalue weighted by Crippen LogP contribution is 2.25. The minimum Gasteiger partial charge on any atom is -0.336 e. The van der Waals surface area contributed by atoms with E-state index in [0.717, 1.165) is 24.7 Å². The zero-order valence-corrected chi connectivity index (χ0v) is 14.2. The Kier molecular flexibility index (Phi) is 5.18. The fourth-order valence-corrected chi connectivity index (χ4v) is 3.31. The van der Waals surface area contributed by atoms with Crippen molar-refractivity contribution in [2.24, 2.45) is 0 Å². The van der Waals surface area contributed by atoms with Crippen LogP contribution in [0.4, 0.5) is 10.5 Å². The third kappa shape index (κ3) is 4.78. The molecule has 22 heavy (non-hydrogen) atoms. The van der Waals surface area contributed by atoms with Crippen molar-refractivity contribution in [3.05, 3.63) is 28.8 Å². The average Bonchev–Trinajstić information content (AvgIpc) is 3.18. The maximum Gasteiger partial charge on any atom is 0.315 e. The Balaban J connectivity index is 2.02. The van der Waals surface area contributed by atoms with Gasteiger partial charge in [0, 0.05) is 17.6 Å². The van der Waals surface area contributed by atoms with Crippen molar-refractivity contribution >= 4 is 33.3 Å². The van der Waals surface area contributed by atoms with Gasteiger partial charge in [0.15, 0.2) is 0 Å². The predicted molar refractivity (Wildman–Crippen MR) is 87.9 cm³/mol. The predicted octanol–water partition coefficient (Wildman–Crippen LogP) is 1.88. The van der Waals surface area contributed by atoms with E-state index in [4.69, 9.17) is 11.6 Å². The quantitative estimate of drug-likeness (QED) is 0.826. The molecule has 6 nitrogen and oxygen atoms in total. The molecule has 0 radical (unpaired) electrons. The fourth-order valence-electron chi connectivity index (χ4n) is 2.10. The molecule has 122 valence electrons. The van der Waals surface area contributed by atoms with Gasteiger partial charge >= 0.3 is 6.03 Å². The molecular weight excluding hydrogens is 326 g/mol. The van der Waals surface area contributed by atoms with Crippen molar-refractivity contribution in [3.63, 3.8) is 0 Å². The second-order valence-electron chi connectivity index (χ2n) is 5.44. The number of carbonyl (C=O) groups is 1. The lowest BCUT2D eigenvalue weighted by Gasteiger charge is -2.24. The van der Waals surface area contributed by atoms with Crippen LogP contribution in [0.15, 0.2) is 18.2 Å². The maximum atomic E-state index is 12.0. The Labute approximate surface area is 135 Å². The van der Waals surface area contributed by atoms with E-state index in [1.165, 1.54) is 4.31 Å². The highest BCUT2D eigenvalue weighted by atomic mass is 35.5. The summed E-state index contributed by atoms with van der Waals surface area (Å²) in [5, 5.41) is 6.02. The minimum atomic E-state index is -3.44. The molecule has 0 saturated heterocycles. The Morgan fingerprint density at radius 3 is 2.64 bits per heavy atom. The van der Waals surface area contributed by atoms with Crippen LogP contribution in [0.5, 0.6) is 0 Å². The zero-order chi connectivity index (χ0) is 16.3. The summed E-state index contributed by atoms with van der Waals surface area (Å²) in [6.45, 7) is 2.19. The molecule has 1 aliphatic carbocycles. The van der Waals surface area contributed by atoms with Gasteiger partial charge < -0.3 is 10.6 Å². The van der Waals surface area contributed by atoms with Gasteiger partial charge in [0.25, 0.3) is 0 Å². The molecule has 0 bridgehead atoms. The van der Waals surface area contributed by atoms with Crippen LogP contribution in [0.2, 0.25) is 5.02 Å². The van der Waals surface area contributed by atoms with Crippen molar-refractivity contribution in [3.8, 4) is 0 Å². The topological polar surface area (TPSA) is 78.5 Å². The zero-order valence-electron chi connectivity index (χ0n) is 12.6. The van der Waals surface area contributed by atoms with Gasteiger partial charge in [0.1, 0.15) is 0 Å². The number of nitrogens with zero attached hydrogens (tertiary/aromatic N) is 1. The first-order valence-corrected chi connectivity index (χ1v) is 9.28. The summed E-state index contributed by atoms with van der Waals surface area (Å²) >= 11 is 5.90. The molecule has 8 heteroatoms. The normalized spacial score (nSPS) is 14.5. The number of halogens is 1. The third-order valence-electron chi connectivity index (χ3n) is 3.34. The molecule has 1 fully saturated rings. The molecule has 0 aliphatic heterocycles. The van der Waals surface area contributed by atoms with E-state index in [1.807, 2.05) is 0 Å². The van der Waals surface area contributed by atoms with E-state index in [2.05, 4.69) is 10.6 Å². The summed E-state index contributed by atoms with van der Waals surface area (Å²) in [5.74, 6) is 0. The number of urea groups is 1. The second-order valence-corrected chi connectivity index (χ2v) is 7.78. The van der Waals surface area contributed by atoms with E-state index in [-0.39, 0.29) is 25.2 Å². The number of carbonyl (C=O) groups excluding carboxylic acids is 1. The van der Waals surface area contributed by atoms with Crippen molar-refractivity contribution in [2.75, 3.05) is 23.7 Å². The van der Waals surface area contributed by atoms with Gasteiger partial charge in [-0.2, -0.15) is 0 Å². The summed E-state index contributed by atoms with van der Waals surface area (Å²) in [7, 11) is -3.44. The SMILES string of the molecule is Cc1cc(Cl)ccc1N(CCNC(=O)NC1CC1)S(C)(=O)=O. The number of rotatable bonds is 6. The fraction of sp³-hybridized carbons (Fsp3) is 0.500. The summed E-state index contributed by atoms with van der Waals surface area (Å²) < 4.78 is 25.3. The second kappa shape index (κ2) is 6.75. The van der Waals surface area contributed by atoms with E-state index in [0.29, 0.717) is 10.7 Å². The molecule has 2 amide bonds. The van der Waals surface area contributed by atoms with Gasteiger partial charge in [-0.15, -0.1) is 0 Å². The monoisotopic (exact) mass is 345 g/mol. The van der Waals surface area contributed by atoms with Crippen molar-refractivity contribution < 1.29 is 13.2 Å². The molecule has 0 unspecified atom stereocenters. The number of amides is 2. The van der Waals surface area contributed by atoms with Gasteiger partial charge in [0.05, 0.1) is 18.5 Å². The number of aryl methyl sites for hydroxylation is 1. The van der Waals surface area contributed by atoms with Crippen LogP contribution in [0.25, 0.3) is 0 Å². The molecule has 0 aromatic heterocycles. The van der Waals surface area contributed by atoms with Crippen LogP contribution in [-0.2, 0) is 10.0 Å². The summed E-state index contributed by atoms with van der Waals surface area (Å²) in [4.78, 5) is 11.6. The third-order valence-corrected chi connectivity index (χ3v) is 4.76. The number of nitrogens with one attached hydrogen (secondary N) is 2. The molecule has 0 heterocycles. The van der Waals surface area contributed by atoms with Gasteiger partial charge in [-0.3, -0.25) is 4.31 Å². The summed E-state index contributed by atoms with van der Waals surface area (Å²) in [5.41, 5.74) is 1.33. The Morgan fingerprint density at radius 1 is 1.41 bits per heavy atom. The molecule has 1 aromatic rings. The lowest BCUT2D eigenvalue weighted by atomic mass is 10.2. The van der Waals surface area contributed by atoms with E-state index in [9.17, 15) is 13.2 Å². The lowest BCUT2D eigenvalue weighted by molar-refractivity contribution is 0.241. The van der Waals surface area contributed by atoms with Gasteiger partial charge in [-0.25, -0.2) is 13.2 Å². The smallest absolute Gasteiger partial charge is 0.315 e. The maximum absolute atomic E-state index is 12.0. The minimum absolute atomic E-state index is 0.166. The lowest BCUT2D eigenvalue weighted by Crippen LogP contribution is -2.42. The molecule has 2 N–H and O–H groups in total. The Morgan fingerprint density at radius 2 is 2.09 bits per heavy atom. The molecule has 2 rings (SSSR count). The highest BCUT2D eigenvalue weighted by Gasteiger charge is 2.23. The first-order valence-electron chi connectivity index (χ1n) is 7.05. The molecule has 1 aromatic carbocycles. The van der Waals surface area contributed by atoms with Crippen LogP contribution >= 0.6 is 11.6 Å².